The van der Waals surface area contributed by atoms with E-state index in [2.05, 4.69) is 4.74 Å². The monoisotopic (exact) mass is 149 g/mol. The van der Waals surface area contributed by atoms with Crippen molar-refractivity contribution in [3.05, 3.63) is 6.29 Å². The van der Waals surface area contributed by atoms with Crippen LogP contribution in [0.5, 0.6) is 0 Å². The van der Waals surface area contributed by atoms with Gasteiger partial charge in [0.25, 0.3) is 6.29 Å². The molecular weight excluding hydrogens is 140 g/mol. The Labute approximate surface area is 57.5 Å². The molecule has 0 aromatic rings. The van der Waals surface area contributed by atoms with Gasteiger partial charge in [0.2, 0.25) is 0 Å². The summed E-state index contributed by atoms with van der Waals surface area (Å²) in [5.41, 5.74) is 0. The third-order valence-corrected chi connectivity index (χ3v) is 1.41. The Bertz CT molecular complexity index is 117. The number of rotatable bonds is 1. The maximum atomic E-state index is 8.91. The molecule has 0 bridgehead atoms. The van der Waals surface area contributed by atoms with Crippen LogP contribution in [0.25, 0.3) is 0 Å². The minimum Gasteiger partial charge on any atom is -0.394 e. The van der Waals surface area contributed by atoms with Gasteiger partial charge in [-0.1, -0.05) is 0 Å². The van der Waals surface area contributed by atoms with E-state index in [9.17, 15) is 0 Å². The molecule has 1 fully saturated rings. The van der Waals surface area contributed by atoms with Crippen LogP contribution in [0.4, 0.5) is 0 Å². The molecule has 1 rings (SSSR count). The molecule has 1 radical (unpaired) electrons. The molecule has 0 amide bonds. The summed E-state index contributed by atoms with van der Waals surface area (Å²) in [5, 5.41) is 34.8. The highest BCUT2D eigenvalue weighted by molar-refractivity contribution is 4.94. The lowest BCUT2D eigenvalue weighted by Gasteiger charge is -2.09. The molecule has 5 nitrogen and oxygen atoms in total. The maximum Gasteiger partial charge on any atom is 0.254 e. The van der Waals surface area contributed by atoms with Gasteiger partial charge in [0, 0.05) is 0 Å². The molecular formula is C5H9O5. The summed E-state index contributed by atoms with van der Waals surface area (Å²) in [4.78, 5) is 0. The molecule has 4 N–H and O–H groups in total. The first-order valence-corrected chi connectivity index (χ1v) is 2.86. The predicted molar refractivity (Wildman–Crippen MR) is 29.2 cm³/mol. The van der Waals surface area contributed by atoms with Crippen molar-refractivity contribution in [1.29, 1.82) is 0 Å². The maximum absolute atomic E-state index is 8.91. The Morgan fingerprint density at radius 3 is 2.20 bits per heavy atom. The second kappa shape index (κ2) is 2.81. The smallest absolute Gasteiger partial charge is 0.254 e. The van der Waals surface area contributed by atoms with E-state index in [4.69, 9.17) is 20.4 Å². The molecule has 0 spiro atoms. The van der Waals surface area contributed by atoms with Gasteiger partial charge < -0.3 is 25.2 Å². The lowest BCUT2D eigenvalue weighted by molar-refractivity contribution is -0.0439. The highest BCUT2D eigenvalue weighted by Crippen LogP contribution is 2.23. The van der Waals surface area contributed by atoms with Crippen LogP contribution in [0.3, 0.4) is 0 Å². The van der Waals surface area contributed by atoms with Crippen molar-refractivity contribution in [2.75, 3.05) is 6.61 Å². The minimum absolute atomic E-state index is 0.428. The molecule has 5 heteroatoms. The second-order valence-electron chi connectivity index (χ2n) is 2.11. The number of aliphatic hydroxyl groups is 4. The van der Waals surface area contributed by atoms with E-state index in [1.165, 1.54) is 0 Å². The van der Waals surface area contributed by atoms with E-state index in [0.29, 0.717) is 0 Å². The Morgan fingerprint density at radius 1 is 1.40 bits per heavy atom. The molecule has 0 aromatic heterocycles. The molecule has 10 heavy (non-hydrogen) atoms. The molecule has 59 valence electrons. The van der Waals surface area contributed by atoms with Crippen LogP contribution in [-0.2, 0) is 4.74 Å². The third kappa shape index (κ3) is 1.14. The Morgan fingerprint density at radius 2 is 2.00 bits per heavy atom. The van der Waals surface area contributed by atoms with E-state index >= 15 is 0 Å². The van der Waals surface area contributed by atoms with Crippen molar-refractivity contribution in [3.63, 3.8) is 0 Å². The Hall–Kier alpha value is -0.200. The first-order chi connectivity index (χ1) is 4.66. The molecule has 1 aliphatic rings. The molecule has 0 unspecified atom stereocenters. The van der Waals surface area contributed by atoms with Crippen LogP contribution in [-0.4, -0.2) is 45.3 Å². The zero-order valence-electron chi connectivity index (χ0n) is 5.14. The van der Waals surface area contributed by atoms with Gasteiger partial charge in [-0.05, 0) is 0 Å². The minimum atomic E-state index is -1.39. The van der Waals surface area contributed by atoms with Crippen molar-refractivity contribution in [1.82, 2.24) is 0 Å². The third-order valence-electron chi connectivity index (χ3n) is 1.41. The molecule has 1 aliphatic heterocycles. The zero-order valence-corrected chi connectivity index (χ0v) is 5.14. The van der Waals surface area contributed by atoms with E-state index < -0.39 is 31.2 Å². The van der Waals surface area contributed by atoms with Crippen LogP contribution in [0.15, 0.2) is 0 Å². The van der Waals surface area contributed by atoms with Crippen molar-refractivity contribution in [2.45, 2.75) is 18.3 Å². The highest BCUT2D eigenvalue weighted by Gasteiger charge is 2.42. The standard InChI is InChI=1S/C5H9O5/c6-1-2-3(7)4(8)5(9)10-2/h2-4,6-9H,1H2/t2-,3+,4-/m1/s1. The van der Waals surface area contributed by atoms with Crippen LogP contribution < -0.4 is 0 Å². The van der Waals surface area contributed by atoms with E-state index in [-0.39, 0.29) is 0 Å². The Balaban J connectivity index is 2.53. The number of aliphatic hydroxyl groups excluding tert-OH is 4. The van der Waals surface area contributed by atoms with E-state index in [1.54, 1.807) is 0 Å². The molecule has 1 heterocycles. The van der Waals surface area contributed by atoms with Crippen LogP contribution in [0.1, 0.15) is 0 Å². The van der Waals surface area contributed by atoms with Gasteiger partial charge in [-0.25, -0.2) is 0 Å². The highest BCUT2D eigenvalue weighted by atomic mass is 16.6. The summed E-state index contributed by atoms with van der Waals surface area (Å²) in [6.07, 6.45) is -4.16. The summed E-state index contributed by atoms with van der Waals surface area (Å²) in [5.74, 6) is 0. The van der Waals surface area contributed by atoms with Crippen LogP contribution >= 0.6 is 0 Å². The van der Waals surface area contributed by atoms with E-state index in [0.717, 1.165) is 0 Å². The number of hydrogen-bond donors (Lipinski definition) is 4. The summed E-state index contributed by atoms with van der Waals surface area (Å²) >= 11 is 0. The van der Waals surface area contributed by atoms with Gasteiger partial charge in [-0.15, -0.1) is 0 Å². The van der Waals surface area contributed by atoms with E-state index in [1.807, 2.05) is 0 Å². The quantitative estimate of drug-likeness (QED) is 0.345. The second-order valence-corrected chi connectivity index (χ2v) is 2.11. The van der Waals surface area contributed by atoms with Gasteiger partial charge in [0.15, 0.2) is 0 Å². The molecule has 0 aliphatic carbocycles. The first kappa shape index (κ1) is 7.90. The summed E-state index contributed by atoms with van der Waals surface area (Å²) < 4.78 is 4.46. The fraction of sp³-hybridized carbons (Fsp3) is 0.800. The normalized spacial score (nSPS) is 42.6. The zero-order chi connectivity index (χ0) is 7.72. The van der Waals surface area contributed by atoms with Gasteiger partial charge in [-0.2, -0.15) is 0 Å². The summed E-state index contributed by atoms with van der Waals surface area (Å²) in [6, 6.07) is 0. The van der Waals surface area contributed by atoms with Crippen LogP contribution in [0, 0.1) is 6.29 Å². The molecule has 0 saturated carbocycles. The fourth-order valence-electron chi connectivity index (χ4n) is 0.789. The number of ether oxygens (including phenoxy) is 1. The molecule has 1 saturated heterocycles. The van der Waals surface area contributed by atoms with Gasteiger partial charge in [0.1, 0.15) is 18.3 Å². The lowest BCUT2D eigenvalue weighted by Crippen LogP contribution is -2.32. The van der Waals surface area contributed by atoms with Crippen molar-refractivity contribution in [3.8, 4) is 0 Å². The van der Waals surface area contributed by atoms with Crippen molar-refractivity contribution < 1.29 is 25.2 Å². The predicted octanol–water partition coefficient (Wildman–Crippen LogP) is -2.04. The van der Waals surface area contributed by atoms with Gasteiger partial charge >= 0.3 is 0 Å². The number of hydrogen-bond acceptors (Lipinski definition) is 5. The largest absolute Gasteiger partial charge is 0.394 e. The topological polar surface area (TPSA) is 90.2 Å². The van der Waals surface area contributed by atoms with Gasteiger partial charge in [-0.3, -0.25) is 0 Å². The summed E-state index contributed by atoms with van der Waals surface area (Å²) in [7, 11) is 0. The average molecular weight is 149 g/mol. The average Bonchev–Trinajstić information content (AvgIpc) is 2.17. The SMILES string of the molecule is OC[C@H]1O[C](O)[C@H](O)[C@H]1O. The summed E-state index contributed by atoms with van der Waals surface area (Å²) in [6.45, 7) is -0.428. The first-order valence-electron chi connectivity index (χ1n) is 2.86. The van der Waals surface area contributed by atoms with Crippen molar-refractivity contribution in [2.24, 2.45) is 0 Å². The Kier molecular flexibility index (Phi) is 2.22. The van der Waals surface area contributed by atoms with Crippen molar-refractivity contribution >= 4 is 0 Å². The lowest BCUT2D eigenvalue weighted by atomic mass is 10.1. The molecule has 3 atom stereocenters. The van der Waals surface area contributed by atoms with Crippen LogP contribution in [0.2, 0.25) is 0 Å². The van der Waals surface area contributed by atoms with Gasteiger partial charge in [0.05, 0.1) is 6.61 Å². The molecule has 0 aromatic carbocycles. The fourth-order valence-corrected chi connectivity index (χ4v) is 0.789.